The summed E-state index contributed by atoms with van der Waals surface area (Å²) in [5, 5.41) is 6.95. The number of rotatable bonds is 5. The SMILES string of the molecule is CCOC(=O)NCc1ccc(-n2nc(C)cc2C(=O)OC)cc1. The summed E-state index contributed by atoms with van der Waals surface area (Å²) in [6.07, 6.45) is -0.452. The van der Waals surface area contributed by atoms with Crippen molar-refractivity contribution in [3.05, 3.63) is 47.3 Å². The smallest absolute Gasteiger partial charge is 0.407 e. The monoisotopic (exact) mass is 317 g/mol. The minimum atomic E-state index is -0.452. The molecule has 0 radical (unpaired) electrons. The minimum Gasteiger partial charge on any atom is -0.464 e. The molecule has 0 aliphatic carbocycles. The van der Waals surface area contributed by atoms with Crippen molar-refractivity contribution < 1.29 is 19.1 Å². The molecular formula is C16H19N3O4. The van der Waals surface area contributed by atoms with Crippen LogP contribution in [-0.4, -0.2) is 35.6 Å². The molecule has 0 atom stereocenters. The molecule has 7 heteroatoms. The second-order valence-corrected chi connectivity index (χ2v) is 4.81. The Hall–Kier alpha value is -2.83. The lowest BCUT2D eigenvalue weighted by atomic mass is 10.2. The quantitative estimate of drug-likeness (QED) is 0.855. The van der Waals surface area contributed by atoms with Crippen LogP contribution < -0.4 is 5.32 Å². The fraction of sp³-hybridized carbons (Fsp3) is 0.312. The van der Waals surface area contributed by atoms with Gasteiger partial charge in [0, 0.05) is 6.54 Å². The van der Waals surface area contributed by atoms with E-state index in [4.69, 9.17) is 9.47 Å². The van der Waals surface area contributed by atoms with Gasteiger partial charge in [-0.25, -0.2) is 14.3 Å². The summed E-state index contributed by atoms with van der Waals surface area (Å²) in [4.78, 5) is 23.0. The van der Waals surface area contributed by atoms with E-state index in [-0.39, 0.29) is 0 Å². The standard InChI is InChI=1S/C16H19N3O4/c1-4-23-16(21)17-10-12-5-7-13(8-6-12)19-14(15(20)22-3)9-11(2)18-19/h5-9H,4,10H2,1-3H3,(H,17,21). The average Bonchev–Trinajstić information content (AvgIpc) is 2.95. The molecule has 0 bridgehead atoms. The average molecular weight is 317 g/mol. The van der Waals surface area contributed by atoms with Crippen molar-refractivity contribution in [1.29, 1.82) is 0 Å². The molecule has 0 saturated heterocycles. The second-order valence-electron chi connectivity index (χ2n) is 4.81. The number of nitrogens with zero attached hydrogens (tertiary/aromatic N) is 2. The summed E-state index contributed by atoms with van der Waals surface area (Å²) in [5.41, 5.74) is 2.73. The topological polar surface area (TPSA) is 82.5 Å². The molecule has 2 aromatic rings. The first-order valence-corrected chi connectivity index (χ1v) is 7.20. The van der Waals surface area contributed by atoms with Crippen LogP contribution in [0.15, 0.2) is 30.3 Å². The number of esters is 1. The molecule has 122 valence electrons. The maximum Gasteiger partial charge on any atom is 0.407 e. The van der Waals surface area contributed by atoms with Gasteiger partial charge in [-0.15, -0.1) is 0 Å². The molecule has 0 aliphatic heterocycles. The number of hydrogen-bond acceptors (Lipinski definition) is 5. The molecule has 1 N–H and O–H groups in total. The van der Waals surface area contributed by atoms with Gasteiger partial charge in [-0.1, -0.05) is 12.1 Å². The van der Waals surface area contributed by atoms with E-state index in [1.165, 1.54) is 11.8 Å². The number of carbonyl (C=O) groups is 2. The number of aryl methyl sites for hydroxylation is 1. The molecule has 0 saturated carbocycles. The Kier molecular flexibility index (Phi) is 5.35. The highest BCUT2D eigenvalue weighted by atomic mass is 16.5. The number of carbonyl (C=O) groups excluding carboxylic acids is 2. The molecule has 0 aliphatic rings. The van der Waals surface area contributed by atoms with Crippen molar-refractivity contribution in [2.75, 3.05) is 13.7 Å². The number of nitrogens with one attached hydrogen (secondary N) is 1. The van der Waals surface area contributed by atoms with Gasteiger partial charge in [-0.05, 0) is 37.6 Å². The van der Waals surface area contributed by atoms with Gasteiger partial charge in [-0.3, -0.25) is 0 Å². The number of amides is 1. The van der Waals surface area contributed by atoms with Gasteiger partial charge in [0.25, 0.3) is 0 Å². The number of benzene rings is 1. The van der Waals surface area contributed by atoms with Crippen LogP contribution in [0, 0.1) is 6.92 Å². The largest absolute Gasteiger partial charge is 0.464 e. The highest BCUT2D eigenvalue weighted by Gasteiger charge is 2.15. The lowest BCUT2D eigenvalue weighted by Gasteiger charge is -2.08. The van der Waals surface area contributed by atoms with Gasteiger partial charge in [0.2, 0.25) is 0 Å². The Balaban J connectivity index is 2.14. The Morgan fingerprint density at radius 3 is 2.57 bits per heavy atom. The van der Waals surface area contributed by atoms with E-state index in [1.54, 1.807) is 19.9 Å². The molecule has 0 unspecified atom stereocenters. The molecule has 0 fully saturated rings. The van der Waals surface area contributed by atoms with Crippen molar-refractivity contribution in [3.63, 3.8) is 0 Å². The zero-order chi connectivity index (χ0) is 16.8. The first-order chi connectivity index (χ1) is 11.0. The van der Waals surface area contributed by atoms with Crippen molar-refractivity contribution in [3.8, 4) is 5.69 Å². The summed E-state index contributed by atoms with van der Waals surface area (Å²) in [7, 11) is 1.33. The normalized spacial score (nSPS) is 10.2. The van der Waals surface area contributed by atoms with Crippen molar-refractivity contribution >= 4 is 12.1 Å². The van der Waals surface area contributed by atoms with E-state index in [0.29, 0.717) is 18.8 Å². The maximum absolute atomic E-state index is 11.8. The first-order valence-electron chi connectivity index (χ1n) is 7.20. The fourth-order valence-corrected chi connectivity index (χ4v) is 2.06. The van der Waals surface area contributed by atoms with Gasteiger partial charge >= 0.3 is 12.1 Å². The summed E-state index contributed by atoms with van der Waals surface area (Å²) in [5.74, 6) is -0.446. The van der Waals surface area contributed by atoms with Crippen LogP contribution in [0.4, 0.5) is 4.79 Å². The van der Waals surface area contributed by atoms with E-state index >= 15 is 0 Å². The first kappa shape index (κ1) is 16.5. The van der Waals surface area contributed by atoms with Gasteiger partial charge in [-0.2, -0.15) is 5.10 Å². The molecule has 1 heterocycles. The zero-order valence-electron chi connectivity index (χ0n) is 13.3. The third-order valence-electron chi connectivity index (χ3n) is 3.12. The summed E-state index contributed by atoms with van der Waals surface area (Å²) < 4.78 is 11.1. The van der Waals surface area contributed by atoms with Crippen molar-refractivity contribution in [1.82, 2.24) is 15.1 Å². The molecule has 1 aromatic heterocycles. The Labute approximate surface area is 134 Å². The van der Waals surface area contributed by atoms with Gasteiger partial charge in [0.1, 0.15) is 0 Å². The minimum absolute atomic E-state index is 0.333. The molecule has 23 heavy (non-hydrogen) atoms. The van der Waals surface area contributed by atoms with Crippen LogP contribution >= 0.6 is 0 Å². The van der Waals surface area contributed by atoms with Gasteiger partial charge in [0.15, 0.2) is 5.69 Å². The highest BCUT2D eigenvalue weighted by Crippen LogP contribution is 2.14. The summed E-state index contributed by atoms with van der Waals surface area (Å²) in [6.45, 7) is 4.25. The molecule has 1 amide bonds. The number of alkyl carbamates (subject to hydrolysis) is 1. The second kappa shape index (κ2) is 7.44. The number of ether oxygens (including phenoxy) is 2. The predicted molar refractivity (Wildman–Crippen MR) is 83.5 cm³/mol. The molecular weight excluding hydrogens is 298 g/mol. The van der Waals surface area contributed by atoms with Gasteiger partial charge < -0.3 is 14.8 Å². The van der Waals surface area contributed by atoms with Crippen LogP contribution in [-0.2, 0) is 16.0 Å². The third-order valence-corrected chi connectivity index (χ3v) is 3.12. The van der Waals surface area contributed by atoms with E-state index in [9.17, 15) is 9.59 Å². The van der Waals surface area contributed by atoms with E-state index in [2.05, 4.69) is 10.4 Å². The van der Waals surface area contributed by atoms with Crippen LogP contribution in [0.25, 0.3) is 5.69 Å². The lowest BCUT2D eigenvalue weighted by molar-refractivity contribution is 0.0590. The van der Waals surface area contributed by atoms with Gasteiger partial charge in [0.05, 0.1) is 25.1 Å². The Morgan fingerprint density at radius 1 is 1.26 bits per heavy atom. The Bertz CT molecular complexity index is 692. The van der Waals surface area contributed by atoms with E-state index < -0.39 is 12.1 Å². The van der Waals surface area contributed by atoms with Crippen LogP contribution in [0.2, 0.25) is 0 Å². The molecule has 2 rings (SSSR count). The van der Waals surface area contributed by atoms with Crippen LogP contribution in [0.3, 0.4) is 0 Å². The third kappa shape index (κ3) is 4.09. The van der Waals surface area contributed by atoms with Crippen LogP contribution in [0.1, 0.15) is 28.7 Å². The lowest BCUT2D eigenvalue weighted by Crippen LogP contribution is -2.23. The summed E-state index contributed by atoms with van der Waals surface area (Å²) in [6, 6.07) is 9.00. The summed E-state index contributed by atoms with van der Waals surface area (Å²) >= 11 is 0. The number of aromatic nitrogens is 2. The predicted octanol–water partition coefficient (Wildman–Crippen LogP) is 2.21. The van der Waals surface area contributed by atoms with Crippen molar-refractivity contribution in [2.24, 2.45) is 0 Å². The zero-order valence-corrected chi connectivity index (χ0v) is 13.3. The fourth-order valence-electron chi connectivity index (χ4n) is 2.06. The molecule has 1 aromatic carbocycles. The van der Waals surface area contributed by atoms with Crippen molar-refractivity contribution in [2.45, 2.75) is 20.4 Å². The Morgan fingerprint density at radius 2 is 1.96 bits per heavy atom. The highest BCUT2D eigenvalue weighted by molar-refractivity contribution is 5.88. The van der Waals surface area contributed by atoms with E-state index in [1.807, 2.05) is 24.3 Å². The maximum atomic E-state index is 11.8. The van der Waals surface area contributed by atoms with Crippen LogP contribution in [0.5, 0.6) is 0 Å². The number of hydrogen-bond donors (Lipinski definition) is 1. The number of methoxy groups -OCH3 is 1. The van der Waals surface area contributed by atoms with E-state index in [0.717, 1.165) is 16.9 Å². The molecule has 0 spiro atoms. The molecule has 7 nitrogen and oxygen atoms in total.